The second-order valence-corrected chi connectivity index (χ2v) is 9.89. The number of carbonyl (C=O) groups excluding carboxylic acids is 2. The fraction of sp³-hybridized carbons (Fsp3) is 0.846. The predicted octanol–water partition coefficient (Wildman–Crippen LogP) is 5.55. The summed E-state index contributed by atoms with van der Waals surface area (Å²) >= 11 is 1.51. The molecule has 1 amide bonds. The Hall–Kier alpha value is -1.25. The van der Waals surface area contributed by atoms with Gasteiger partial charge in [0.1, 0.15) is 17.8 Å². The number of hydrogen-bond donors (Lipinski definition) is 1. The maximum absolute atomic E-state index is 13.3. The normalized spacial score (nSPS) is 17.7. The minimum atomic E-state index is -0.388. The molecule has 0 aromatic carbocycles. The van der Waals surface area contributed by atoms with Crippen LogP contribution in [0, 0.1) is 11.8 Å². The third kappa shape index (κ3) is 11.5. The van der Waals surface area contributed by atoms with Crippen molar-refractivity contribution in [2.24, 2.45) is 11.8 Å². The molecule has 0 saturated carbocycles. The molecule has 34 heavy (non-hydrogen) atoms. The first-order chi connectivity index (χ1) is 16.3. The first-order valence-electron chi connectivity index (χ1n) is 12.9. The van der Waals surface area contributed by atoms with Crippen molar-refractivity contribution >= 4 is 23.6 Å². The Kier molecular flexibility index (Phi) is 18.3. The van der Waals surface area contributed by atoms with Crippen LogP contribution in [0.5, 0.6) is 0 Å². The number of nitrogens with one attached hydrogen (secondary N) is 1. The van der Waals surface area contributed by atoms with Crippen LogP contribution in [0.25, 0.3) is 0 Å². The van der Waals surface area contributed by atoms with E-state index in [-0.39, 0.29) is 35.3 Å². The first-order valence-corrected chi connectivity index (χ1v) is 13.8. The van der Waals surface area contributed by atoms with Gasteiger partial charge in [-0.25, -0.2) is 4.79 Å². The number of ether oxygens (including phenoxy) is 3. The molecule has 8 heteroatoms. The summed E-state index contributed by atoms with van der Waals surface area (Å²) in [5.41, 5.74) is 0.439. The Bertz CT molecular complexity index is 600. The van der Waals surface area contributed by atoms with E-state index in [2.05, 4.69) is 39.9 Å². The van der Waals surface area contributed by atoms with Crippen LogP contribution >= 0.6 is 11.8 Å². The molecule has 0 aromatic heterocycles. The van der Waals surface area contributed by atoms with Gasteiger partial charge in [-0.3, -0.25) is 4.79 Å². The van der Waals surface area contributed by atoms with Crippen LogP contribution in [0.4, 0.5) is 0 Å². The van der Waals surface area contributed by atoms with Crippen molar-refractivity contribution in [2.45, 2.75) is 105 Å². The second-order valence-electron chi connectivity index (χ2n) is 8.87. The van der Waals surface area contributed by atoms with Gasteiger partial charge in [-0.1, -0.05) is 67.7 Å². The molecule has 4 atom stereocenters. The van der Waals surface area contributed by atoms with Gasteiger partial charge in [0.05, 0.1) is 13.2 Å². The van der Waals surface area contributed by atoms with Gasteiger partial charge in [-0.15, -0.1) is 11.8 Å². The summed E-state index contributed by atoms with van der Waals surface area (Å²) < 4.78 is 16.6. The van der Waals surface area contributed by atoms with E-state index in [1.54, 1.807) is 12.5 Å². The largest absolute Gasteiger partial charge is 0.464 e. The van der Waals surface area contributed by atoms with Crippen molar-refractivity contribution in [3.8, 4) is 0 Å². The van der Waals surface area contributed by atoms with Crippen molar-refractivity contribution in [1.29, 1.82) is 0 Å². The molecule has 200 valence electrons. The second kappa shape index (κ2) is 19.0. The molecule has 3 unspecified atom stereocenters. The summed E-state index contributed by atoms with van der Waals surface area (Å²) in [6.07, 6.45) is 5.20. The number of nitrogens with zero attached hydrogens (tertiary/aromatic N) is 1. The zero-order chi connectivity index (χ0) is 26.1. The van der Waals surface area contributed by atoms with Gasteiger partial charge in [0.25, 0.3) is 0 Å². The molecule has 0 saturated heterocycles. The van der Waals surface area contributed by atoms with E-state index in [1.165, 1.54) is 18.9 Å². The van der Waals surface area contributed by atoms with E-state index in [0.717, 1.165) is 25.7 Å². The third-order valence-electron chi connectivity index (χ3n) is 5.98. The van der Waals surface area contributed by atoms with Gasteiger partial charge < -0.3 is 24.4 Å². The van der Waals surface area contributed by atoms with Crippen LogP contribution in [-0.2, 0) is 23.8 Å². The van der Waals surface area contributed by atoms with E-state index in [1.807, 2.05) is 18.7 Å². The number of unbranched alkanes of at least 4 members (excludes halogenated alkanes) is 2. The molecule has 0 radical (unpaired) electrons. The highest BCUT2D eigenvalue weighted by Gasteiger charge is 2.35. The lowest BCUT2D eigenvalue weighted by Crippen LogP contribution is -2.49. The molecule has 1 aliphatic heterocycles. The Balaban J connectivity index is 0.00000529. The van der Waals surface area contributed by atoms with Crippen molar-refractivity contribution in [3.63, 3.8) is 0 Å². The Morgan fingerprint density at radius 3 is 2.35 bits per heavy atom. The minimum absolute atomic E-state index is 0.0349. The summed E-state index contributed by atoms with van der Waals surface area (Å²) in [5.74, 6) is 0.298. The molecule has 0 spiro atoms. The number of carbonyl (C=O) groups is 2. The van der Waals surface area contributed by atoms with Gasteiger partial charge in [0, 0.05) is 31.6 Å². The van der Waals surface area contributed by atoms with Crippen LogP contribution in [0.3, 0.4) is 0 Å². The maximum Gasteiger partial charge on any atom is 0.354 e. The van der Waals surface area contributed by atoms with E-state index in [4.69, 9.17) is 14.2 Å². The van der Waals surface area contributed by atoms with E-state index >= 15 is 0 Å². The molecule has 1 aliphatic rings. The summed E-state index contributed by atoms with van der Waals surface area (Å²) in [4.78, 5) is 27.0. The van der Waals surface area contributed by atoms with Gasteiger partial charge in [-0.2, -0.15) is 0 Å². The summed E-state index contributed by atoms with van der Waals surface area (Å²) in [5, 5.41) is 4.86. The fourth-order valence-corrected chi connectivity index (χ4v) is 4.67. The molecular formula is C26H50N2O5S. The van der Waals surface area contributed by atoms with Gasteiger partial charge >= 0.3 is 5.97 Å². The van der Waals surface area contributed by atoms with Gasteiger partial charge in [0.15, 0.2) is 0 Å². The Morgan fingerprint density at radius 1 is 1.15 bits per heavy atom. The molecule has 0 bridgehead atoms. The number of esters is 1. The Morgan fingerprint density at radius 2 is 1.82 bits per heavy atom. The monoisotopic (exact) mass is 502 g/mol. The average molecular weight is 503 g/mol. The Labute approximate surface area is 212 Å². The van der Waals surface area contributed by atoms with Crippen molar-refractivity contribution in [3.05, 3.63) is 11.1 Å². The number of hydrogen-bond acceptors (Lipinski definition) is 7. The topological polar surface area (TPSA) is 77.1 Å². The molecule has 0 aliphatic carbocycles. The van der Waals surface area contributed by atoms with E-state index in [9.17, 15) is 9.59 Å². The highest BCUT2D eigenvalue weighted by atomic mass is 32.2. The predicted molar refractivity (Wildman–Crippen MR) is 141 cm³/mol. The summed E-state index contributed by atoms with van der Waals surface area (Å²) in [6.45, 7) is 15.6. The highest BCUT2D eigenvalue weighted by Crippen LogP contribution is 2.30. The molecular weight excluding hydrogens is 452 g/mol. The third-order valence-corrected chi connectivity index (χ3v) is 7.07. The zero-order valence-electron chi connectivity index (χ0n) is 23.0. The van der Waals surface area contributed by atoms with Crippen LogP contribution in [0.1, 0.15) is 87.0 Å². The van der Waals surface area contributed by atoms with Crippen molar-refractivity contribution in [2.75, 3.05) is 27.6 Å². The van der Waals surface area contributed by atoms with Crippen LogP contribution < -0.4 is 5.32 Å². The van der Waals surface area contributed by atoms with Crippen LogP contribution in [0.2, 0.25) is 0 Å². The lowest BCUT2D eigenvalue weighted by molar-refractivity contribution is -0.144. The molecule has 0 aromatic rings. The number of rotatable bonds is 16. The SMILES string of the molecule is CC.CCCCCOCN(C(=O)C[C@@H](C)CC)C(CC(OC)C1NC(C(=O)OC)=CS1)C(C)C. The molecule has 0 fully saturated rings. The lowest BCUT2D eigenvalue weighted by Gasteiger charge is -2.38. The molecule has 1 rings (SSSR count). The van der Waals surface area contributed by atoms with Crippen molar-refractivity contribution in [1.82, 2.24) is 10.2 Å². The highest BCUT2D eigenvalue weighted by molar-refractivity contribution is 8.03. The smallest absolute Gasteiger partial charge is 0.354 e. The molecule has 1 heterocycles. The zero-order valence-corrected chi connectivity index (χ0v) is 23.8. The molecule has 7 nitrogen and oxygen atoms in total. The van der Waals surface area contributed by atoms with E-state index in [0.29, 0.717) is 37.8 Å². The first kappa shape index (κ1) is 32.8. The quantitative estimate of drug-likeness (QED) is 0.168. The lowest BCUT2D eigenvalue weighted by atomic mass is 9.94. The molecule has 1 N–H and O–H groups in total. The standard InChI is InChI=1S/C24H44N2O5S.C2H6/c1-8-10-11-12-31-16-26(22(27)13-18(5)9-2)20(17(3)4)14-21(29-6)23-25-19(15-32-23)24(28)30-7;1-2/h15,17-18,20-21,23,25H,8-14,16H2,1-7H3;1-2H3/t18-,20?,21?,23?;/m0./s1. The number of thioether (sulfide) groups is 1. The number of methoxy groups -OCH3 is 2. The average Bonchev–Trinajstić information content (AvgIpc) is 3.33. The summed E-state index contributed by atoms with van der Waals surface area (Å²) in [7, 11) is 3.04. The van der Waals surface area contributed by atoms with Crippen LogP contribution in [0.15, 0.2) is 11.1 Å². The van der Waals surface area contributed by atoms with Crippen LogP contribution in [-0.4, -0.2) is 61.9 Å². The van der Waals surface area contributed by atoms with E-state index < -0.39 is 0 Å². The maximum atomic E-state index is 13.3. The van der Waals surface area contributed by atoms with Gasteiger partial charge in [0.2, 0.25) is 5.91 Å². The summed E-state index contributed by atoms with van der Waals surface area (Å²) in [6, 6.07) is -0.0349. The van der Waals surface area contributed by atoms with Crippen molar-refractivity contribution < 1.29 is 23.8 Å². The fourth-order valence-electron chi connectivity index (χ4n) is 3.63. The number of amides is 1. The minimum Gasteiger partial charge on any atom is -0.464 e. The van der Waals surface area contributed by atoms with Gasteiger partial charge in [-0.05, 0) is 24.7 Å².